The fraction of sp³-hybridized carbons (Fsp3) is 0.357. The predicted molar refractivity (Wildman–Crippen MR) is 147 cm³/mol. The van der Waals surface area contributed by atoms with E-state index in [1.807, 2.05) is 13.1 Å². The molecule has 4 aromatic rings. The van der Waals surface area contributed by atoms with E-state index < -0.39 is 0 Å². The number of rotatable bonds is 12. The summed E-state index contributed by atoms with van der Waals surface area (Å²) in [7, 11) is 0. The number of halogens is 1. The van der Waals surface area contributed by atoms with E-state index in [1.54, 1.807) is 35.0 Å². The van der Waals surface area contributed by atoms with Gasteiger partial charge in [0.25, 0.3) is 11.5 Å². The molecule has 3 heterocycles. The summed E-state index contributed by atoms with van der Waals surface area (Å²) in [6, 6.07) is 11.2. The highest BCUT2D eigenvalue weighted by Crippen LogP contribution is 2.24. The number of aromatic nitrogens is 4. The second kappa shape index (κ2) is 12.5. The molecule has 0 bridgehead atoms. The van der Waals surface area contributed by atoms with Gasteiger partial charge in [-0.15, -0.1) is 0 Å². The third-order valence-corrected chi connectivity index (χ3v) is 6.54. The molecule has 9 nitrogen and oxygen atoms in total. The molecule has 0 aliphatic carbocycles. The van der Waals surface area contributed by atoms with Crippen LogP contribution in [0.3, 0.4) is 0 Å². The van der Waals surface area contributed by atoms with Crippen LogP contribution in [0.15, 0.2) is 59.7 Å². The molecule has 0 unspecified atom stereocenters. The highest BCUT2D eigenvalue weighted by molar-refractivity contribution is 5.93. The SMILES string of the molecule is CCN(CC)CCCNC(=O)c1cc(NCCn2nc(-n3cc(C)c4ccc(F)cc43)ccc2=O)ccn1. The van der Waals surface area contributed by atoms with Gasteiger partial charge in [-0.05, 0) is 74.9 Å². The summed E-state index contributed by atoms with van der Waals surface area (Å²) in [5.74, 6) is -0.0268. The minimum Gasteiger partial charge on any atom is -0.383 e. The van der Waals surface area contributed by atoms with Gasteiger partial charge in [-0.25, -0.2) is 9.07 Å². The van der Waals surface area contributed by atoms with E-state index in [1.165, 1.54) is 22.9 Å². The summed E-state index contributed by atoms with van der Waals surface area (Å²) in [5.41, 5.74) is 2.49. The van der Waals surface area contributed by atoms with Crippen LogP contribution in [0.2, 0.25) is 0 Å². The highest BCUT2D eigenvalue weighted by Gasteiger charge is 2.11. The Morgan fingerprint density at radius 2 is 1.89 bits per heavy atom. The molecule has 0 saturated carbocycles. The van der Waals surface area contributed by atoms with E-state index in [0.29, 0.717) is 36.7 Å². The Labute approximate surface area is 221 Å². The van der Waals surface area contributed by atoms with Crippen molar-refractivity contribution < 1.29 is 9.18 Å². The quantitative estimate of drug-likeness (QED) is 0.278. The van der Waals surface area contributed by atoms with Crippen LogP contribution in [0.1, 0.15) is 36.3 Å². The molecular formula is C28H34FN7O2. The Balaban J connectivity index is 1.37. The number of aryl methyl sites for hydroxylation is 1. The number of fused-ring (bicyclic) bond motifs is 1. The van der Waals surface area contributed by atoms with E-state index in [0.717, 1.165) is 42.7 Å². The Morgan fingerprint density at radius 3 is 2.68 bits per heavy atom. The lowest BCUT2D eigenvalue weighted by atomic mass is 10.2. The first kappa shape index (κ1) is 27.0. The van der Waals surface area contributed by atoms with Gasteiger partial charge in [0.05, 0.1) is 12.1 Å². The molecular weight excluding hydrogens is 485 g/mol. The average molecular weight is 520 g/mol. The Kier molecular flexibility index (Phi) is 8.85. The Bertz CT molecular complexity index is 1460. The van der Waals surface area contributed by atoms with Gasteiger partial charge in [0.1, 0.15) is 11.5 Å². The zero-order valence-electron chi connectivity index (χ0n) is 22.1. The zero-order valence-corrected chi connectivity index (χ0v) is 22.1. The van der Waals surface area contributed by atoms with Gasteiger partial charge in [0.2, 0.25) is 0 Å². The Hall–Kier alpha value is -4.05. The van der Waals surface area contributed by atoms with Crippen molar-refractivity contribution in [3.8, 4) is 5.82 Å². The van der Waals surface area contributed by atoms with Gasteiger partial charge in [0.15, 0.2) is 5.82 Å². The number of pyridine rings is 1. The van der Waals surface area contributed by atoms with Crippen molar-refractivity contribution in [2.75, 3.05) is 38.0 Å². The standard InChI is InChI=1S/C28H34FN7O2/c1-4-34(5-2)15-6-12-32-28(38)24-18-22(11-13-31-24)30-14-16-36-27(37)10-9-26(33-36)35-19-20(3)23-8-7-21(29)17-25(23)35/h7-11,13,17-19H,4-6,12,14-16H2,1-3H3,(H,30,31)(H,32,38). The monoisotopic (exact) mass is 519 g/mol. The number of carbonyl (C=O) groups excluding carboxylic acids is 1. The van der Waals surface area contributed by atoms with Crippen LogP contribution < -0.4 is 16.2 Å². The van der Waals surface area contributed by atoms with E-state index in [9.17, 15) is 14.0 Å². The van der Waals surface area contributed by atoms with Crippen molar-refractivity contribution in [3.63, 3.8) is 0 Å². The number of hydrogen-bond donors (Lipinski definition) is 2. The topological polar surface area (TPSA) is 97.1 Å². The highest BCUT2D eigenvalue weighted by atomic mass is 19.1. The molecule has 0 aliphatic rings. The first-order chi connectivity index (χ1) is 18.4. The molecule has 4 rings (SSSR count). The molecule has 3 aromatic heterocycles. The third-order valence-electron chi connectivity index (χ3n) is 6.54. The number of carbonyl (C=O) groups is 1. The van der Waals surface area contributed by atoms with Crippen LogP contribution in [0, 0.1) is 12.7 Å². The molecule has 10 heteroatoms. The van der Waals surface area contributed by atoms with E-state index in [4.69, 9.17) is 0 Å². The van der Waals surface area contributed by atoms with Gasteiger partial charge in [-0.2, -0.15) is 5.10 Å². The number of benzene rings is 1. The van der Waals surface area contributed by atoms with Crippen molar-refractivity contribution in [3.05, 3.63) is 82.3 Å². The molecule has 0 fully saturated rings. The summed E-state index contributed by atoms with van der Waals surface area (Å²) in [6.07, 6.45) is 4.34. The van der Waals surface area contributed by atoms with E-state index in [2.05, 4.69) is 39.5 Å². The summed E-state index contributed by atoms with van der Waals surface area (Å²) >= 11 is 0. The van der Waals surface area contributed by atoms with Gasteiger partial charge in [-0.1, -0.05) is 13.8 Å². The van der Waals surface area contributed by atoms with Crippen LogP contribution in [-0.2, 0) is 6.54 Å². The summed E-state index contributed by atoms with van der Waals surface area (Å²) in [6.45, 7) is 10.4. The predicted octanol–water partition coefficient (Wildman–Crippen LogP) is 3.60. The first-order valence-electron chi connectivity index (χ1n) is 13.0. The summed E-state index contributed by atoms with van der Waals surface area (Å²) in [4.78, 5) is 31.5. The van der Waals surface area contributed by atoms with Crippen LogP contribution in [0.5, 0.6) is 0 Å². The fourth-order valence-electron chi connectivity index (χ4n) is 4.39. The van der Waals surface area contributed by atoms with Gasteiger partial charge in [0, 0.05) is 42.6 Å². The smallest absolute Gasteiger partial charge is 0.269 e. The lowest BCUT2D eigenvalue weighted by molar-refractivity contribution is 0.0947. The number of nitrogens with zero attached hydrogens (tertiary/aromatic N) is 5. The lowest BCUT2D eigenvalue weighted by Crippen LogP contribution is -2.30. The van der Waals surface area contributed by atoms with E-state index >= 15 is 0 Å². The summed E-state index contributed by atoms with van der Waals surface area (Å²) < 4.78 is 17.0. The molecule has 0 aliphatic heterocycles. The maximum absolute atomic E-state index is 13.9. The molecule has 200 valence electrons. The van der Waals surface area contributed by atoms with Gasteiger partial charge < -0.3 is 15.5 Å². The molecule has 0 atom stereocenters. The number of hydrogen-bond acceptors (Lipinski definition) is 6. The first-order valence-corrected chi connectivity index (χ1v) is 13.0. The number of amides is 1. The average Bonchev–Trinajstić information content (AvgIpc) is 3.25. The molecule has 0 saturated heterocycles. The van der Waals surface area contributed by atoms with E-state index in [-0.39, 0.29) is 17.3 Å². The third kappa shape index (κ3) is 6.44. The zero-order chi connectivity index (χ0) is 27.1. The number of nitrogens with one attached hydrogen (secondary N) is 2. The maximum Gasteiger partial charge on any atom is 0.269 e. The molecule has 0 spiro atoms. The second-order valence-electron chi connectivity index (χ2n) is 9.09. The van der Waals surface area contributed by atoms with Crippen molar-refractivity contribution in [1.29, 1.82) is 0 Å². The maximum atomic E-state index is 13.9. The normalized spacial score (nSPS) is 11.3. The molecule has 1 aromatic carbocycles. The molecule has 38 heavy (non-hydrogen) atoms. The van der Waals surface area contributed by atoms with Crippen LogP contribution >= 0.6 is 0 Å². The van der Waals surface area contributed by atoms with Crippen molar-refractivity contribution in [2.24, 2.45) is 0 Å². The molecule has 2 N–H and O–H groups in total. The molecule has 1 amide bonds. The van der Waals surface area contributed by atoms with Crippen molar-refractivity contribution >= 4 is 22.5 Å². The lowest BCUT2D eigenvalue weighted by Gasteiger charge is -2.17. The number of anilines is 1. The van der Waals surface area contributed by atoms with Gasteiger partial charge in [-0.3, -0.25) is 19.1 Å². The van der Waals surface area contributed by atoms with Crippen LogP contribution in [0.25, 0.3) is 16.7 Å². The van der Waals surface area contributed by atoms with Crippen molar-refractivity contribution in [2.45, 2.75) is 33.7 Å². The van der Waals surface area contributed by atoms with Crippen LogP contribution in [-0.4, -0.2) is 62.9 Å². The van der Waals surface area contributed by atoms with Crippen molar-refractivity contribution in [1.82, 2.24) is 29.5 Å². The minimum atomic E-state index is -0.334. The minimum absolute atomic E-state index is 0.218. The largest absolute Gasteiger partial charge is 0.383 e. The summed E-state index contributed by atoms with van der Waals surface area (Å²) in [5, 5.41) is 11.6. The van der Waals surface area contributed by atoms with Crippen LogP contribution in [0.4, 0.5) is 10.1 Å². The fourth-order valence-corrected chi connectivity index (χ4v) is 4.39. The Morgan fingerprint density at radius 1 is 1.08 bits per heavy atom. The van der Waals surface area contributed by atoms with Gasteiger partial charge >= 0.3 is 0 Å². The molecule has 0 radical (unpaired) electrons. The second-order valence-corrected chi connectivity index (χ2v) is 9.09.